The van der Waals surface area contributed by atoms with E-state index in [-0.39, 0.29) is 32.5 Å². The number of likely N-dealkylation sites (tertiary alicyclic amines) is 1. The van der Waals surface area contributed by atoms with Crippen molar-refractivity contribution in [1.29, 1.82) is 0 Å². The molecule has 1 N–H and O–H groups in total. The van der Waals surface area contributed by atoms with E-state index in [2.05, 4.69) is 10.1 Å². The van der Waals surface area contributed by atoms with Gasteiger partial charge in [-0.05, 0) is 24.3 Å². The first-order valence-electron chi connectivity index (χ1n) is 6.89. The molecule has 23 heavy (non-hydrogen) atoms. The van der Waals surface area contributed by atoms with Crippen LogP contribution in [-0.2, 0) is 4.79 Å². The van der Waals surface area contributed by atoms with Crippen molar-refractivity contribution in [2.45, 2.75) is 25.1 Å². The van der Waals surface area contributed by atoms with Crippen molar-refractivity contribution in [3.05, 3.63) is 24.3 Å². The Kier molecular flexibility index (Phi) is 5.08. The van der Waals surface area contributed by atoms with E-state index in [4.69, 9.17) is 0 Å². The zero-order valence-electron chi connectivity index (χ0n) is 12.0. The molecule has 0 aromatic heterocycles. The lowest BCUT2D eigenvalue weighted by molar-refractivity contribution is -0.274. The maximum atomic E-state index is 13.0. The highest BCUT2D eigenvalue weighted by molar-refractivity contribution is 5.92. The number of ether oxygens (including phenoxy) is 1. The molecule has 1 amide bonds. The second-order valence-electron chi connectivity index (χ2n) is 5.25. The van der Waals surface area contributed by atoms with Crippen LogP contribution in [0, 0.1) is 0 Å². The van der Waals surface area contributed by atoms with Gasteiger partial charge in [-0.3, -0.25) is 9.69 Å². The predicted octanol–water partition coefficient (Wildman–Crippen LogP) is 3.25. The minimum Gasteiger partial charge on any atom is -0.406 e. The molecule has 0 bridgehead atoms. The number of benzene rings is 1. The smallest absolute Gasteiger partial charge is 0.406 e. The van der Waals surface area contributed by atoms with Crippen LogP contribution in [0.5, 0.6) is 5.75 Å². The Morgan fingerprint density at radius 1 is 1.17 bits per heavy atom. The van der Waals surface area contributed by atoms with Crippen LogP contribution in [0.3, 0.4) is 0 Å². The summed E-state index contributed by atoms with van der Waals surface area (Å²) in [6, 6.07) is 4.68. The summed E-state index contributed by atoms with van der Waals surface area (Å²) in [5, 5.41) is 2.50. The van der Waals surface area contributed by atoms with Crippen molar-refractivity contribution < 1.29 is 31.5 Å². The minimum absolute atomic E-state index is 0.0448. The molecule has 128 valence electrons. The number of rotatable bonds is 4. The molecule has 0 unspecified atom stereocenters. The van der Waals surface area contributed by atoms with E-state index >= 15 is 0 Å². The standard InChI is InChI=1S/C14H15F5N2O2/c15-13(16)5-7-21(8-6-13)9-12(22)20-10-1-3-11(4-2-10)23-14(17,18)19/h1-4H,5-9H2,(H,20,22). The van der Waals surface area contributed by atoms with E-state index in [0.717, 1.165) is 12.1 Å². The summed E-state index contributed by atoms with van der Waals surface area (Å²) in [4.78, 5) is 13.4. The Bertz CT molecular complexity index is 535. The molecular formula is C14H15F5N2O2. The molecule has 1 aliphatic heterocycles. The van der Waals surface area contributed by atoms with Crippen molar-refractivity contribution in [3.63, 3.8) is 0 Å². The Morgan fingerprint density at radius 2 is 1.74 bits per heavy atom. The Balaban J connectivity index is 1.81. The molecule has 0 spiro atoms. The molecule has 4 nitrogen and oxygen atoms in total. The van der Waals surface area contributed by atoms with Gasteiger partial charge in [0, 0.05) is 31.6 Å². The molecule has 0 aliphatic carbocycles. The molecule has 1 aliphatic rings. The topological polar surface area (TPSA) is 41.6 Å². The number of hydrogen-bond acceptors (Lipinski definition) is 3. The Hall–Kier alpha value is -1.90. The van der Waals surface area contributed by atoms with E-state index in [1.807, 2.05) is 0 Å². The summed E-state index contributed by atoms with van der Waals surface area (Å²) in [7, 11) is 0. The van der Waals surface area contributed by atoms with Gasteiger partial charge in [0.05, 0.1) is 6.54 Å². The zero-order valence-corrected chi connectivity index (χ0v) is 12.0. The Labute approximate surface area is 129 Å². The number of anilines is 1. The van der Waals surface area contributed by atoms with Crippen molar-refractivity contribution in [1.82, 2.24) is 4.90 Å². The van der Waals surface area contributed by atoms with Crippen LogP contribution in [0.1, 0.15) is 12.8 Å². The first-order valence-corrected chi connectivity index (χ1v) is 6.89. The van der Waals surface area contributed by atoms with Crippen LogP contribution < -0.4 is 10.1 Å². The van der Waals surface area contributed by atoms with Gasteiger partial charge in [-0.1, -0.05) is 0 Å². The van der Waals surface area contributed by atoms with Gasteiger partial charge in [0.25, 0.3) is 5.92 Å². The number of carbonyl (C=O) groups excluding carboxylic acids is 1. The summed E-state index contributed by atoms with van der Waals surface area (Å²) in [6.07, 6.45) is -5.35. The molecule has 0 saturated carbocycles. The quantitative estimate of drug-likeness (QED) is 0.857. The van der Waals surface area contributed by atoms with Crippen LogP contribution in [0.2, 0.25) is 0 Å². The normalized spacial score (nSPS) is 18.5. The van der Waals surface area contributed by atoms with Gasteiger partial charge in [0.15, 0.2) is 0 Å². The number of piperidine rings is 1. The third kappa shape index (κ3) is 6.01. The maximum Gasteiger partial charge on any atom is 0.573 e. The lowest BCUT2D eigenvalue weighted by atomic mass is 10.1. The summed E-state index contributed by atoms with van der Waals surface area (Å²) >= 11 is 0. The number of nitrogens with one attached hydrogen (secondary N) is 1. The lowest BCUT2D eigenvalue weighted by Crippen LogP contribution is -2.42. The molecule has 0 atom stereocenters. The van der Waals surface area contributed by atoms with Gasteiger partial charge < -0.3 is 10.1 Å². The number of alkyl halides is 5. The number of halogens is 5. The monoisotopic (exact) mass is 338 g/mol. The SMILES string of the molecule is O=C(CN1CCC(F)(F)CC1)Nc1ccc(OC(F)(F)F)cc1. The summed E-state index contributed by atoms with van der Waals surface area (Å²) in [5.74, 6) is -3.49. The number of nitrogens with zero attached hydrogens (tertiary/aromatic N) is 1. The number of hydrogen-bond donors (Lipinski definition) is 1. The van der Waals surface area contributed by atoms with Crippen LogP contribution in [0.15, 0.2) is 24.3 Å². The number of carbonyl (C=O) groups is 1. The van der Waals surface area contributed by atoms with Gasteiger partial charge in [0.2, 0.25) is 5.91 Å². The van der Waals surface area contributed by atoms with Crippen LogP contribution in [-0.4, -0.2) is 42.7 Å². The zero-order chi connectivity index (χ0) is 17.1. The van der Waals surface area contributed by atoms with E-state index in [1.165, 1.54) is 12.1 Å². The Morgan fingerprint density at radius 3 is 2.26 bits per heavy atom. The highest BCUT2D eigenvalue weighted by Crippen LogP contribution is 2.27. The van der Waals surface area contributed by atoms with Crippen molar-refractivity contribution in [3.8, 4) is 5.75 Å². The number of amides is 1. The summed E-state index contributed by atoms with van der Waals surface area (Å²) < 4.78 is 65.8. The molecular weight excluding hydrogens is 323 g/mol. The minimum atomic E-state index is -4.78. The highest BCUT2D eigenvalue weighted by Gasteiger charge is 2.34. The van der Waals surface area contributed by atoms with Gasteiger partial charge in [-0.15, -0.1) is 13.2 Å². The van der Waals surface area contributed by atoms with Crippen LogP contribution in [0.4, 0.5) is 27.6 Å². The molecule has 1 aromatic carbocycles. The lowest BCUT2D eigenvalue weighted by Gasteiger charge is -2.31. The van der Waals surface area contributed by atoms with Crippen molar-refractivity contribution in [2.75, 3.05) is 25.0 Å². The largest absolute Gasteiger partial charge is 0.573 e. The summed E-state index contributed by atoms with van der Waals surface area (Å²) in [5.41, 5.74) is 0.298. The van der Waals surface area contributed by atoms with E-state index in [0.29, 0.717) is 5.69 Å². The average Bonchev–Trinajstić information content (AvgIpc) is 2.42. The van der Waals surface area contributed by atoms with E-state index in [1.54, 1.807) is 4.90 Å². The van der Waals surface area contributed by atoms with Crippen molar-refractivity contribution in [2.24, 2.45) is 0 Å². The summed E-state index contributed by atoms with van der Waals surface area (Å²) in [6.45, 7) is 0.203. The molecule has 9 heteroatoms. The van der Waals surface area contributed by atoms with Crippen molar-refractivity contribution >= 4 is 11.6 Å². The molecule has 2 rings (SSSR count). The van der Waals surface area contributed by atoms with Crippen LogP contribution in [0.25, 0.3) is 0 Å². The van der Waals surface area contributed by atoms with E-state index < -0.39 is 23.9 Å². The molecule has 1 fully saturated rings. The van der Waals surface area contributed by atoms with Gasteiger partial charge in [0.1, 0.15) is 5.75 Å². The first kappa shape index (κ1) is 17.5. The third-order valence-electron chi connectivity index (χ3n) is 3.33. The molecule has 0 radical (unpaired) electrons. The molecule has 1 aromatic rings. The van der Waals surface area contributed by atoms with Gasteiger partial charge in [-0.25, -0.2) is 8.78 Å². The molecule has 1 saturated heterocycles. The average molecular weight is 338 g/mol. The highest BCUT2D eigenvalue weighted by atomic mass is 19.4. The second-order valence-corrected chi connectivity index (χ2v) is 5.25. The fourth-order valence-electron chi connectivity index (χ4n) is 2.18. The fraction of sp³-hybridized carbons (Fsp3) is 0.500. The van der Waals surface area contributed by atoms with E-state index in [9.17, 15) is 26.7 Å². The first-order chi connectivity index (χ1) is 10.6. The van der Waals surface area contributed by atoms with Crippen LogP contribution >= 0.6 is 0 Å². The fourth-order valence-corrected chi connectivity index (χ4v) is 2.18. The van der Waals surface area contributed by atoms with Gasteiger partial charge >= 0.3 is 6.36 Å². The maximum absolute atomic E-state index is 13.0. The van der Waals surface area contributed by atoms with Gasteiger partial charge in [-0.2, -0.15) is 0 Å². The molecule has 1 heterocycles. The predicted molar refractivity (Wildman–Crippen MR) is 72.4 cm³/mol. The second kappa shape index (κ2) is 6.69. The third-order valence-corrected chi connectivity index (χ3v) is 3.33.